The molecule has 0 bridgehead atoms. The fraction of sp³-hybridized carbons (Fsp3) is 0.273. The number of ether oxygens (including phenoxy) is 2. The SMILES string of the molecule is CN1C(=O)OCC1Cc1ccc(Oc2ccc(Cc3sc(=O)[nH]c3O)cc2C(F)(F)F)cc1. The van der Waals surface area contributed by atoms with Crippen molar-refractivity contribution in [3.63, 3.8) is 0 Å². The van der Waals surface area contributed by atoms with E-state index < -0.39 is 16.6 Å². The number of nitrogens with one attached hydrogen (secondary N) is 1. The van der Waals surface area contributed by atoms with Gasteiger partial charge < -0.3 is 19.5 Å². The highest BCUT2D eigenvalue weighted by Gasteiger charge is 2.35. The maximum Gasteiger partial charge on any atom is 0.419 e. The number of aromatic amines is 1. The zero-order valence-electron chi connectivity index (χ0n) is 17.3. The van der Waals surface area contributed by atoms with E-state index in [0.717, 1.165) is 23.0 Å². The number of amides is 1. The van der Waals surface area contributed by atoms with Crippen molar-refractivity contribution in [1.29, 1.82) is 0 Å². The molecule has 1 atom stereocenters. The average molecular weight is 480 g/mol. The highest BCUT2D eigenvalue weighted by atomic mass is 32.1. The lowest BCUT2D eigenvalue weighted by Crippen LogP contribution is -2.30. The summed E-state index contributed by atoms with van der Waals surface area (Å²) in [7, 11) is 1.65. The number of hydrogen-bond donors (Lipinski definition) is 2. The minimum atomic E-state index is -4.67. The van der Waals surface area contributed by atoms with Gasteiger partial charge in [-0.25, -0.2) is 4.79 Å². The van der Waals surface area contributed by atoms with E-state index in [9.17, 15) is 27.9 Å². The number of carbonyl (C=O) groups excluding carboxylic acids is 1. The molecule has 1 aromatic heterocycles. The Hall–Kier alpha value is -3.47. The summed E-state index contributed by atoms with van der Waals surface area (Å²) in [6.45, 7) is 0.284. The van der Waals surface area contributed by atoms with Gasteiger partial charge in [-0.15, -0.1) is 0 Å². The monoisotopic (exact) mass is 480 g/mol. The Kier molecular flexibility index (Phi) is 6.07. The van der Waals surface area contributed by atoms with Crippen LogP contribution in [0.25, 0.3) is 0 Å². The van der Waals surface area contributed by atoms with Crippen molar-refractivity contribution in [3.05, 3.63) is 73.7 Å². The fourth-order valence-corrected chi connectivity index (χ4v) is 4.23. The highest BCUT2D eigenvalue weighted by Crippen LogP contribution is 2.39. The van der Waals surface area contributed by atoms with Crippen LogP contribution in [0, 0.1) is 0 Å². The summed E-state index contributed by atoms with van der Waals surface area (Å²) < 4.78 is 51.6. The van der Waals surface area contributed by atoms with Crippen LogP contribution in [0.15, 0.2) is 47.3 Å². The maximum absolute atomic E-state index is 13.7. The normalized spacial score (nSPS) is 16.2. The lowest BCUT2D eigenvalue weighted by atomic mass is 10.1. The molecule has 4 rings (SSSR count). The van der Waals surface area contributed by atoms with Crippen LogP contribution < -0.4 is 9.61 Å². The summed E-state index contributed by atoms with van der Waals surface area (Å²) >= 11 is 0.739. The van der Waals surface area contributed by atoms with E-state index in [2.05, 4.69) is 4.98 Å². The largest absolute Gasteiger partial charge is 0.494 e. The number of hydrogen-bond acceptors (Lipinski definition) is 6. The Morgan fingerprint density at radius 2 is 1.88 bits per heavy atom. The Morgan fingerprint density at radius 3 is 2.45 bits per heavy atom. The fourth-order valence-electron chi connectivity index (χ4n) is 3.47. The number of carbonyl (C=O) groups is 1. The van der Waals surface area contributed by atoms with Crippen molar-refractivity contribution in [2.45, 2.75) is 25.1 Å². The van der Waals surface area contributed by atoms with Gasteiger partial charge in [-0.05, 0) is 41.8 Å². The summed E-state index contributed by atoms with van der Waals surface area (Å²) in [5.74, 6) is -0.482. The third-order valence-electron chi connectivity index (χ3n) is 5.27. The van der Waals surface area contributed by atoms with Gasteiger partial charge in [0.05, 0.1) is 16.5 Å². The molecule has 174 valence electrons. The summed E-state index contributed by atoms with van der Waals surface area (Å²) in [4.78, 5) is 26.2. The Bertz CT molecular complexity index is 1220. The lowest BCUT2D eigenvalue weighted by Gasteiger charge is -2.17. The summed E-state index contributed by atoms with van der Waals surface area (Å²) in [5.41, 5.74) is 0.192. The average Bonchev–Trinajstić information content (AvgIpc) is 3.24. The molecule has 2 N–H and O–H groups in total. The maximum atomic E-state index is 13.7. The number of H-pyrrole nitrogens is 1. The van der Waals surface area contributed by atoms with Gasteiger partial charge >= 0.3 is 17.1 Å². The molecule has 1 amide bonds. The van der Waals surface area contributed by atoms with Gasteiger partial charge in [0, 0.05) is 13.5 Å². The third-order valence-corrected chi connectivity index (χ3v) is 6.14. The zero-order valence-corrected chi connectivity index (χ0v) is 18.1. The van der Waals surface area contributed by atoms with Crippen LogP contribution in [0.2, 0.25) is 0 Å². The van der Waals surface area contributed by atoms with E-state index in [-0.39, 0.29) is 53.0 Å². The molecule has 0 aliphatic carbocycles. The van der Waals surface area contributed by atoms with Crippen molar-refractivity contribution in [2.24, 2.45) is 0 Å². The molecule has 1 aliphatic heterocycles. The van der Waals surface area contributed by atoms with Crippen molar-refractivity contribution in [2.75, 3.05) is 13.7 Å². The minimum absolute atomic E-state index is 0.0326. The number of halogens is 3. The highest BCUT2D eigenvalue weighted by molar-refractivity contribution is 7.09. The molecule has 0 saturated carbocycles. The summed E-state index contributed by atoms with van der Waals surface area (Å²) in [6, 6.07) is 10.1. The molecular weight excluding hydrogens is 461 g/mol. The minimum Gasteiger partial charge on any atom is -0.494 e. The van der Waals surface area contributed by atoms with Crippen molar-refractivity contribution in [1.82, 2.24) is 9.88 Å². The van der Waals surface area contributed by atoms with E-state index in [1.165, 1.54) is 17.0 Å². The second-order valence-corrected chi connectivity index (χ2v) is 8.65. The molecule has 3 aromatic rings. The second-order valence-electron chi connectivity index (χ2n) is 7.58. The van der Waals surface area contributed by atoms with Crippen LogP contribution >= 0.6 is 11.3 Å². The first kappa shape index (κ1) is 22.7. The molecule has 0 radical (unpaired) electrons. The molecule has 2 heterocycles. The molecular formula is C22H19F3N2O5S. The van der Waals surface area contributed by atoms with Crippen LogP contribution in [0.4, 0.5) is 18.0 Å². The van der Waals surface area contributed by atoms with E-state index >= 15 is 0 Å². The lowest BCUT2D eigenvalue weighted by molar-refractivity contribution is -0.138. The first-order valence-electron chi connectivity index (χ1n) is 9.87. The number of cyclic esters (lactones) is 1. The molecule has 33 heavy (non-hydrogen) atoms. The van der Waals surface area contributed by atoms with Crippen LogP contribution in [-0.2, 0) is 23.8 Å². The Labute approximate surface area is 190 Å². The number of aromatic nitrogens is 1. The van der Waals surface area contributed by atoms with Gasteiger partial charge in [-0.2, -0.15) is 13.2 Å². The van der Waals surface area contributed by atoms with Crippen LogP contribution in [-0.4, -0.2) is 40.8 Å². The standard InChI is InChI=1S/C22H19F3N2O5S/c1-27-14(11-31-21(27)30)8-12-2-5-15(6-3-12)32-17-7-4-13(9-16(17)22(23,24)25)10-18-19(28)26-20(29)33-18/h2-7,9,14,28H,8,10-11H2,1H3,(H,26,29). The Morgan fingerprint density at radius 1 is 1.18 bits per heavy atom. The number of alkyl halides is 3. The van der Waals surface area contributed by atoms with Crippen molar-refractivity contribution >= 4 is 17.4 Å². The zero-order chi connectivity index (χ0) is 23.8. The van der Waals surface area contributed by atoms with Gasteiger partial charge in [0.2, 0.25) is 5.88 Å². The number of aromatic hydroxyl groups is 1. The first-order valence-corrected chi connectivity index (χ1v) is 10.7. The van der Waals surface area contributed by atoms with Gasteiger partial charge in [0.25, 0.3) is 0 Å². The van der Waals surface area contributed by atoms with E-state index in [4.69, 9.17) is 9.47 Å². The first-order chi connectivity index (χ1) is 15.6. The molecule has 7 nitrogen and oxygen atoms in total. The van der Waals surface area contributed by atoms with Crippen molar-refractivity contribution < 1.29 is 32.5 Å². The predicted molar refractivity (Wildman–Crippen MR) is 114 cm³/mol. The predicted octanol–water partition coefficient (Wildman–Crippen LogP) is 4.54. The number of nitrogens with zero attached hydrogens (tertiary/aromatic N) is 1. The molecule has 1 unspecified atom stereocenters. The molecule has 0 spiro atoms. The number of rotatable bonds is 6. The number of likely N-dealkylation sites (N-methyl/N-ethyl adjacent to an activating group) is 1. The van der Waals surface area contributed by atoms with Crippen LogP contribution in [0.5, 0.6) is 17.4 Å². The van der Waals surface area contributed by atoms with Gasteiger partial charge in [0.1, 0.15) is 18.1 Å². The summed E-state index contributed by atoms with van der Waals surface area (Å²) in [6.07, 6.45) is -4.54. The third kappa shape index (κ3) is 5.14. The van der Waals surface area contributed by atoms with E-state index in [1.807, 2.05) is 0 Å². The van der Waals surface area contributed by atoms with Crippen LogP contribution in [0.1, 0.15) is 21.6 Å². The molecule has 11 heteroatoms. The molecule has 1 saturated heterocycles. The van der Waals surface area contributed by atoms with E-state index in [0.29, 0.717) is 6.42 Å². The topological polar surface area (TPSA) is 91.9 Å². The number of thiazole rings is 1. The smallest absolute Gasteiger partial charge is 0.419 e. The summed E-state index contributed by atoms with van der Waals surface area (Å²) in [5, 5.41) is 9.69. The van der Waals surface area contributed by atoms with Gasteiger partial charge in [-0.1, -0.05) is 29.5 Å². The second kappa shape index (κ2) is 8.81. The quantitative estimate of drug-likeness (QED) is 0.541. The molecule has 2 aromatic carbocycles. The van der Waals surface area contributed by atoms with Crippen LogP contribution in [0.3, 0.4) is 0 Å². The van der Waals surface area contributed by atoms with Gasteiger partial charge in [-0.3, -0.25) is 9.78 Å². The van der Waals surface area contributed by atoms with Crippen molar-refractivity contribution in [3.8, 4) is 17.4 Å². The van der Waals surface area contributed by atoms with Gasteiger partial charge in [0.15, 0.2) is 0 Å². The Balaban J connectivity index is 1.51. The van der Waals surface area contributed by atoms with E-state index in [1.54, 1.807) is 31.3 Å². The number of benzene rings is 2. The molecule has 1 aliphatic rings. The molecule has 1 fully saturated rings.